The third-order valence-corrected chi connectivity index (χ3v) is 2.89. The van der Waals surface area contributed by atoms with E-state index in [1.807, 2.05) is 0 Å². The Morgan fingerprint density at radius 1 is 1.40 bits per heavy atom. The Morgan fingerprint density at radius 2 is 2.00 bits per heavy atom. The lowest BCUT2D eigenvalue weighted by Crippen LogP contribution is -2.20. The number of aryl methyl sites for hydroxylation is 2. The molecule has 1 heterocycles. The van der Waals surface area contributed by atoms with Gasteiger partial charge < -0.3 is 11.1 Å². The van der Waals surface area contributed by atoms with Crippen LogP contribution in [-0.2, 0) is 6.54 Å². The third kappa shape index (κ3) is 2.34. The van der Waals surface area contributed by atoms with E-state index in [4.69, 9.17) is 5.73 Å². The van der Waals surface area contributed by atoms with Crippen LogP contribution in [0.1, 0.15) is 23.1 Å². The zero-order chi connectivity index (χ0) is 14.9. The van der Waals surface area contributed by atoms with Crippen LogP contribution in [0.25, 0.3) is 0 Å². The first kappa shape index (κ1) is 14.0. The highest BCUT2D eigenvalue weighted by Gasteiger charge is 2.21. The Morgan fingerprint density at radius 3 is 2.55 bits per heavy atom. The number of nitrogens with zero attached hydrogens (tertiary/aromatic N) is 2. The fourth-order valence-corrected chi connectivity index (χ4v) is 1.85. The van der Waals surface area contributed by atoms with Crippen molar-refractivity contribution in [3.8, 4) is 0 Å². The molecule has 3 N–H and O–H groups in total. The summed E-state index contributed by atoms with van der Waals surface area (Å²) in [5.41, 5.74) is 6.05. The summed E-state index contributed by atoms with van der Waals surface area (Å²) in [4.78, 5) is 12.1. The second-order valence-electron chi connectivity index (χ2n) is 4.21. The summed E-state index contributed by atoms with van der Waals surface area (Å²) in [7, 11) is 0. The zero-order valence-corrected chi connectivity index (χ0v) is 11.1. The SMILES string of the molecule is CCn1nc(C)c(N)c1C(=O)Nc1c(F)cccc1F. The Kier molecular flexibility index (Phi) is 3.69. The van der Waals surface area contributed by atoms with Crippen LogP contribution in [0.4, 0.5) is 20.2 Å². The Labute approximate surface area is 114 Å². The van der Waals surface area contributed by atoms with E-state index in [9.17, 15) is 13.6 Å². The van der Waals surface area contributed by atoms with Gasteiger partial charge in [-0.2, -0.15) is 5.10 Å². The van der Waals surface area contributed by atoms with Gasteiger partial charge in [0.15, 0.2) is 0 Å². The molecule has 0 aliphatic rings. The lowest BCUT2D eigenvalue weighted by Gasteiger charge is -2.09. The molecule has 2 rings (SSSR count). The Bertz CT molecular complexity index is 646. The van der Waals surface area contributed by atoms with E-state index < -0.39 is 23.2 Å². The van der Waals surface area contributed by atoms with Crippen LogP contribution in [0, 0.1) is 18.6 Å². The van der Waals surface area contributed by atoms with E-state index in [1.54, 1.807) is 13.8 Å². The Balaban J connectivity index is 2.38. The van der Waals surface area contributed by atoms with Crippen molar-refractivity contribution in [2.45, 2.75) is 20.4 Å². The normalized spacial score (nSPS) is 10.6. The van der Waals surface area contributed by atoms with Crippen molar-refractivity contribution in [3.05, 3.63) is 41.2 Å². The van der Waals surface area contributed by atoms with Gasteiger partial charge >= 0.3 is 0 Å². The highest BCUT2D eigenvalue weighted by molar-refractivity contribution is 6.06. The molecule has 0 aliphatic heterocycles. The second kappa shape index (κ2) is 5.28. The molecule has 1 aromatic heterocycles. The number of nitrogens with two attached hydrogens (primary N) is 1. The van der Waals surface area contributed by atoms with Crippen LogP contribution in [0.3, 0.4) is 0 Å². The Hall–Kier alpha value is -2.44. The number of rotatable bonds is 3. The smallest absolute Gasteiger partial charge is 0.276 e. The summed E-state index contributed by atoms with van der Waals surface area (Å²) >= 11 is 0. The number of halogens is 2. The first-order chi connectivity index (χ1) is 9.45. The highest BCUT2D eigenvalue weighted by Crippen LogP contribution is 2.22. The van der Waals surface area contributed by atoms with Gasteiger partial charge in [0.25, 0.3) is 5.91 Å². The van der Waals surface area contributed by atoms with Gasteiger partial charge in [-0.1, -0.05) is 6.07 Å². The minimum Gasteiger partial charge on any atom is -0.395 e. The standard InChI is InChI=1S/C13H14F2N4O/c1-3-19-12(10(16)7(2)18-19)13(20)17-11-8(14)5-4-6-9(11)15/h4-6H,3,16H2,1-2H3,(H,17,20). The highest BCUT2D eigenvalue weighted by atomic mass is 19.1. The van der Waals surface area contributed by atoms with Crippen LogP contribution < -0.4 is 11.1 Å². The fourth-order valence-electron chi connectivity index (χ4n) is 1.85. The van der Waals surface area contributed by atoms with Gasteiger partial charge in [-0.05, 0) is 26.0 Å². The summed E-state index contributed by atoms with van der Waals surface area (Å²) in [6.07, 6.45) is 0. The molecule has 0 radical (unpaired) electrons. The minimum atomic E-state index is -0.851. The summed E-state index contributed by atoms with van der Waals surface area (Å²) < 4.78 is 28.4. The monoisotopic (exact) mass is 280 g/mol. The van der Waals surface area contributed by atoms with E-state index in [0.29, 0.717) is 12.2 Å². The van der Waals surface area contributed by atoms with Crippen LogP contribution >= 0.6 is 0 Å². The van der Waals surface area contributed by atoms with Gasteiger partial charge in [0.05, 0.1) is 11.4 Å². The van der Waals surface area contributed by atoms with Crippen molar-refractivity contribution >= 4 is 17.3 Å². The minimum absolute atomic E-state index is 0.0904. The van der Waals surface area contributed by atoms with Gasteiger partial charge in [0.2, 0.25) is 0 Å². The van der Waals surface area contributed by atoms with Crippen molar-refractivity contribution in [1.29, 1.82) is 0 Å². The molecule has 106 valence electrons. The molecular weight excluding hydrogens is 266 g/mol. The van der Waals surface area contributed by atoms with E-state index in [-0.39, 0.29) is 11.4 Å². The predicted molar refractivity (Wildman–Crippen MR) is 71.4 cm³/mol. The maximum absolute atomic E-state index is 13.5. The molecule has 5 nitrogen and oxygen atoms in total. The van der Waals surface area contributed by atoms with E-state index in [0.717, 1.165) is 12.1 Å². The van der Waals surface area contributed by atoms with E-state index in [2.05, 4.69) is 10.4 Å². The van der Waals surface area contributed by atoms with E-state index in [1.165, 1.54) is 10.7 Å². The largest absolute Gasteiger partial charge is 0.395 e. The summed E-state index contributed by atoms with van der Waals surface area (Å²) in [5.74, 6) is -2.40. The first-order valence-electron chi connectivity index (χ1n) is 6.04. The number of carbonyl (C=O) groups is 1. The third-order valence-electron chi connectivity index (χ3n) is 2.89. The van der Waals surface area contributed by atoms with Crippen molar-refractivity contribution in [2.24, 2.45) is 0 Å². The van der Waals surface area contributed by atoms with Gasteiger partial charge in [0, 0.05) is 6.54 Å². The van der Waals surface area contributed by atoms with Crippen molar-refractivity contribution < 1.29 is 13.6 Å². The molecule has 0 saturated heterocycles. The summed E-state index contributed by atoms with van der Waals surface area (Å²) in [5, 5.41) is 6.27. The van der Waals surface area contributed by atoms with Crippen LogP contribution in [-0.4, -0.2) is 15.7 Å². The van der Waals surface area contributed by atoms with Crippen LogP contribution in [0.5, 0.6) is 0 Å². The van der Waals surface area contributed by atoms with Crippen molar-refractivity contribution in [1.82, 2.24) is 9.78 Å². The molecule has 2 aromatic rings. The van der Waals surface area contributed by atoms with Gasteiger partial charge in [-0.3, -0.25) is 9.48 Å². The number of nitrogens with one attached hydrogen (secondary N) is 1. The van der Waals surface area contributed by atoms with Crippen molar-refractivity contribution in [2.75, 3.05) is 11.1 Å². The average molecular weight is 280 g/mol. The number of aromatic nitrogens is 2. The molecule has 0 aliphatic carbocycles. The number of carbonyl (C=O) groups excluding carboxylic acids is 1. The molecule has 20 heavy (non-hydrogen) atoms. The van der Waals surface area contributed by atoms with Gasteiger partial charge in [-0.25, -0.2) is 8.78 Å². The number of amides is 1. The molecule has 0 spiro atoms. The number of hydrogen-bond donors (Lipinski definition) is 2. The summed E-state index contributed by atoms with van der Waals surface area (Å²) in [6, 6.07) is 3.34. The maximum atomic E-state index is 13.5. The molecule has 0 saturated carbocycles. The summed E-state index contributed by atoms with van der Waals surface area (Å²) in [6.45, 7) is 3.86. The van der Waals surface area contributed by atoms with Gasteiger partial charge in [-0.15, -0.1) is 0 Å². The maximum Gasteiger partial charge on any atom is 0.276 e. The predicted octanol–water partition coefficient (Wildman–Crippen LogP) is 2.32. The first-order valence-corrected chi connectivity index (χ1v) is 6.04. The number of nitrogen functional groups attached to an aromatic ring is 1. The lowest BCUT2D eigenvalue weighted by atomic mass is 10.2. The molecule has 7 heteroatoms. The molecule has 0 fully saturated rings. The molecule has 1 aromatic carbocycles. The topological polar surface area (TPSA) is 72.9 Å². The lowest BCUT2D eigenvalue weighted by molar-refractivity contribution is 0.101. The molecule has 0 unspecified atom stereocenters. The fraction of sp³-hybridized carbons (Fsp3) is 0.231. The van der Waals surface area contributed by atoms with Gasteiger partial charge in [0.1, 0.15) is 23.0 Å². The van der Waals surface area contributed by atoms with E-state index >= 15 is 0 Å². The molecule has 1 amide bonds. The molecular formula is C13H14F2N4O. The van der Waals surface area contributed by atoms with Crippen LogP contribution in [0.15, 0.2) is 18.2 Å². The molecule has 0 bridgehead atoms. The zero-order valence-electron chi connectivity index (χ0n) is 11.1. The number of anilines is 2. The second-order valence-corrected chi connectivity index (χ2v) is 4.21. The number of hydrogen-bond acceptors (Lipinski definition) is 3. The van der Waals surface area contributed by atoms with Crippen LogP contribution in [0.2, 0.25) is 0 Å². The molecule has 0 atom stereocenters. The quantitative estimate of drug-likeness (QED) is 0.906. The van der Waals surface area contributed by atoms with Crippen molar-refractivity contribution in [3.63, 3.8) is 0 Å². The average Bonchev–Trinajstić information content (AvgIpc) is 2.69. The number of benzene rings is 1. The number of para-hydroxylation sites is 1.